The Labute approximate surface area is 107 Å². The van der Waals surface area contributed by atoms with Crippen LogP contribution in [0.1, 0.15) is 0 Å². The summed E-state index contributed by atoms with van der Waals surface area (Å²) in [6.45, 7) is -0.953. The number of aliphatic hydroxyl groups excluding tert-OH is 7. The summed E-state index contributed by atoms with van der Waals surface area (Å²) in [5, 5.41) is 63.6. The summed E-state index contributed by atoms with van der Waals surface area (Å²) in [7, 11) is 0. The number of hydrogen-bond donors (Lipinski definition) is 8. The topological polar surface area (TPSA) is 202 Å². The highest BCUT2D eigenvalue weighted by Gasteiger charge is 2.39. The van der Waals surface area contributed by atoms with Crippen LogP contribution in [-0.2, 0) is 9.59 Å². The van der Waals surface area contributed by atoms with Gasteiger partial charge in [-0.25, -0.2) is 0 Å². The molecule has 9 N–H and O–H groups in total. The van der Waals surface area contributed by atoms with E-state index in [1.165, 1.54) is 0 Å². The van der Waals surface area contributed by atoms with Crippen molar-refractivity contribution in [2.75, 3.05) is 6.61 Å². The summed E-state index contributed by atoms with van der Waals surface area (Å²) in [6.07, 6.45) is -13.3. The number of aliphatic hydroxyl groups is 7. The fourth-order valence-electron chi connectivity index (χ4n) is 1.18. The molecule has 0 aromatic rings. The third kappa shape index (κ3) is 4.47. The van der Waals surface area contributed by atoms with Crippen LogP contribution in [-0.4, -0.2) is 90.7 Å². The minimum Gasteiger partial charge on any atom is -0.394 e. The summed E-state index contributed by atoms with van der Waals surface area (Å²) >= 11 is 0. The molecule has 0 aromatic heterocycles. The van der Waals surface area contributed by atoms with Crippen molar-refractivity contribution < 1.29 is 45.3 Å². The van der Waals surface area contributed by atoms with Crippen molar-refractivity contribution in [1.82, 2.24) is 0 Å². The van der Waals surface area contributed by atoms with Gasteiger partial charge in [-0.05, 0) is 0 Å². The Morgan fingerprint density at radius 1 is 0.842 bits per heavy atom. The minimum atomic E-state index is -2.40. The average molecular weight is 283 g/mol. The van der Waals surface area contributed by atoms with E-state index >= 15 is 0 Å². The van der Waals surface area contributed by atoms with Crippen LogP contribution in [0.25, 0.3) is 0 Å². The molecule has 0 aromatic carbocycles. The first-order valence-electron chi connectivity index (χ1n) is 5.17. The first kappa shape index (κ1) is 17.9. The molecule has 6 unspecified atom stereocenters. The molecule has 0 radical (unpaired) electrons. The standard InChI is InChI=1S/C9H17NO9/c10-9(19)8(18)7(17)6(16)5(15)4(14)3(13)2(12)1-11/h2-5,7-8,11-15,17-18H,1H2,(H2,10,19). The molecular formula is C9H17NO9. The molecule has 0 aliphatic rings. The molecular weight excluding hydrogens is 266 g/mol. The molecule has 0 saturated heterocycles. The van der Waals surface area contributed by atoms with Crippen LogP contribution in [0.2, 0.25) is 0 Å². The van der Waals surface area contributed by atoms with Crippen molar-refractivity contribution in [3.63, 3.8) is 0 Å². The second-order valence-electron chi connectivity index (χ2n) is 3.87. The lowest BCUT2D eigenvalue weighted by molar-refractivity contribution is -0.161. The van der Waals surface area contributed by atoms with Gasteiger partial charge in [-0.1, -0.05) is 0 Å². The van der Waals surface area contributed by atoms with E-state index in [1.54, 1.807) is 0 Å². The molecule has 0 aliphatic heterocycles. The molecule has 10 heteroatoms. The van der Waals surface area contributed by atoms with Crippen molar-refractivity contribution in [3.8, 4) is 0 Å². The van der Waals surface area contributed by atoms with Gasteiger partial charge in [-0.15, -0.1) is 0 Å². The number of ketones is 1. The van der Waals surface area contributed by atoms with E-state index in [4.69, 9.17) is 15.3 Å². The van der Waals surface area contributed by atoms with Gasteiger partial charge in [0.2, 0.25) is 5.91 Å². The van der Waals surface area contributed by atoms with E-state index in [-0.39, 0.29) is 0 Å². The van der Waals surface area contributed by atoms with E-state index < -0.39 is 54.9 Å². The largest absolute Gasteiger partial charge is 0.394 e. The Kier molecular flexibility index (Phi) is 7.00. The highest BCUT2D eigenvalue weighted by Crippen LogP contribution is 2.09. The van der Waals surface area contributed by atoms with Crippen molar-refractivity contribution in [3.05, 3.63) is 0 Å². The summed E-state index contributed by atoms with van der Waals surface area (Å²) < 4.78 is 0. The molecule has 1 amide bonds. The minimum absolute atomic E-state index is 0.953. The lowest BCUT2D eigenvalue weighted by Crippen LogP contribution is -2.54. The maximum Gasteiger partial charge on any atom is 0.249 e. The van der Waals surface area contributed by atoms with Gasteiger partial charge in [0.15, 0.2) is 11.9 Å². The van der Waals surface area contributed by atoms with Crippen LogP contribution in [0.4, 0.5) is 0 Å². The summed E-state index contributed by atoms with van der Waals surface area (Å²) in [4.78, 5) is 21.9. The Bertz CT molecular complexity index is 323. The highest BCUT2D eigenvalue weighted by atomic mass is 16.4. The molecule has 0 saturated carbocycles. The lowest BCUT2D eigenvalue weighted by Gasteiger charge is -2.26. The van der Waals surface area contributed by atoms with Crippen molar-refractivity contribution in [1.29, 1.82) is 0 Å². The Morgan fingerprint density at radius 2 is 1.32 bits per heavy atom. The fourth-order valence-corrected chi connectivity index (χ4v) is 1.18. The predicted octanol–water partition coefficient (Wildman–Crippen LogP) is -5.80. The van der Waals surface area contributed by atoms with E-state index in [0.29, 0.717) is 0 Å². The highest BCUT2D eigenvalue weighted by molar-refractivity contribution is 5.93. The third-order valence-electron chi connectivity index (χ3n) is 2.43. The normalized spacial score (nSPS) is 21.0. The number of primary amides is 1. The molecule has 0 fully saturated rings. The first-order chi connectivity index (χ1) is 8.64. The van der Waals surface area contributed by atoms with Gasteiger partial charge in [-0.3, -0.25) is 9.59 Å². The van der Waals surface area contributed by atoms with Gasteiger partial charge in [0.25, 0.3) is 0 Å². The van der Waals surface area contributed by atoms with Crippen LogP contribution in [0.3, 0.4) is 0 Å². The van der Waals surface area contributed by atoms with Gasteiger partial charge in [-0.2, -0.15) is 0 Å². The van der Waals surface area contributed by atoms with Gasteiger partial charge in [0.05, 0.1) is 6.61 Å². The van der Waals surface area contributed by atoms with Crippen LogP contribution in [0.5, 0.6) is 0 Å². The van der Waals surface area contributed by atoms with E-state index in [2.05, 4.69) is 5.73 Å². The summed E-state index contributed by atoms with van der Waals surface area (Å²) in [5.41, 5.74) is 4.61. The molecule has 19 heavy (non-hydrogen) atoms. The molecule has 0 aliphatic carbocycles. The second kappa shape index (κ2) is 7.45. The van der Waals surface area contributed by atoms with Gasteiger partial charge < -0.3 is 41.5 Å². The molecule has 10 nitrogen and oxygen atoms in total. The van der Waals surface area contributed by atoms with Gasteiger partial charge >= 0.3 is 0 Å². The zero-order valence-corrected chi connectivity index (χ0v) is 9.70. The molecule has 0 bridgehead atoms. The number of Topliss-reactive ketones (excluding diaryl/α,β-unsaturated/α-hetero) is 1. The quantitative estimate of drug-likeness (QED) is 0.213. The second-order valence-corrected chi connectivity index (χ2v) is 3.87. The molecule has 0 spiro atoms. The monoisotopic (exact) mass is 283 g/mol. The lowest BCUT2D eigenvalue weighted by atomic mass is 9.96. The maximum absolute atomic E-state index is 11.4. The Morgan fingerprint density at radius 3 is 1.68 bits per heavy atom. The van der Waals surface area contributed by atoms with Crippen molar-refractivity contribution in [2.24, 2.45) is 5.73 Å². The van der Waals surface area contributed by atoms with E-state index in [1.807, 2.05) is 0 Å². The average Bonchev–Trinajstić information content (AvgIpc) is 2.40. The van der Waals surface area contributed by atoms with E-state index in [0.717, 1.165) is 0 Å². The summed E-state index contributed by atoms with van der Waals surface area (Å²) in [6, 6.07) is 0. The predicted molar refractivity (Wildman–Crippen MR) is 57.3 cm³/mol. The van der Waals surface area contributed by atoms with Crippen LogP contribution in [0, 0.1) is 0 Å². The molecule has 0 rings (SSSR count). The van der Waals surface area contributed by atoms with Crippen LogP contribution >= 0.6 is 0 Å². The molecule has 6 atom stereocenters. The smallest absolute Gasteiger partial charge is 0.249 e. The van der Waals surface area contributed by atoms with Crippen molar-refractivity contribution >= 4 is 11.7 Å². The maximum atomic E-state index is 11.4. The van der Waals surface area contributed by atoms with Gasteiger partial charge in [0.1, 0.15) is 30.5 Å². The van der Waals surface area contributed by atoms with E-state index in [9.17, 15) is 30.0 Å². The molecule has 112 valence electrons. The van der Waals surface area contributed by atoms with Crippen LogP contribution in [0.15, 0.2) is 0 Å². The number of hydrogen-bond acceptors (Lipinski definition) is 9. The summed E-state index contributed by atoms with van der Waals surface area (Å²) in [5.74, 6) is -3.01. The number of amides is 1. The SMILES string of the molecule is NC(=O)C(O)C(O)C(=O)C(O)C(O)C(O)C(O)CO. The van der Waals surface area contributed by atoms with Crippen LogP contribution < -0.4 is 5.73 Å². The number of carbonyl (C=O) groups is 2. The van der Waals surface area contributed by atoms with Gasteiger partial charge in [0, 0.05) is 0 Å². The third-order valence-corrected chi connectivity index (χ3v) is 2.43. The molecule has 0 heterocycles. The zero-order valence-electron chi connectivity index (χ0n) is 9.70. The fraction of sp³-hybridized carbons (Fsp3) is 0.778. The number of nitrogens with two attached hydrogens (primary N) is 1. The Hall–Kier alpha value is -1.14. The number of rotatable bonds is 8. The Balaban J connectivity index is 4.77. The first-order valence-corrected chi connectivity index (χ1v) is 5.17. The zero-order chi connectivity index (χ0) is 15.3. The van der Waals surface area contributed by atoms with Crippen molar-refractivity contribution in [2.45, 2.75) is 36.6 Å². The number of carbonyl (C=O) groups excluding carboxylic acids is 2.